The van der Waals surface area contributed by atoms with E-state index in [4.69, 9.17) is 0 Å². The molecule has 0 radical (unpaired) electrons. The fourth-order valence-electron chi connectivity index (χ4n) is 2.96. The third kappa shape index (κ3) is 8.19. The topological polar surface area (TPSA) is 49.4 Å². The van der Waals surface area contributed by atoms with Gasteiger partial charge in [-0.1, -0.05) is 42.5 Å². The molecular formula is C24H31FN2O2S. The molecule has 0 heterocycles. The number of carbonyl (C=O) groups is 2. The van der Waals surface area contributed by atoms with Gasteiger partial charge in [-0.05, 0) is 57.4 Å². The molecule has 0 unspecified atom stereocenters. The fourth-order valence-corrected chi connectivity index (χ4v) is 3.83. The van der Waals surface area contributed by atoms with E-state index in [0.29, 0.717) is 18.7 Å². The van der Waals surface area contributed by atoms with Gasteiger partial charge >= 0.3 is 0 Å². The van der Waals surface area contributed by atoms with Crippen molar-refractivity contribution in [2.24, 2.45) is 0 Å². The molecule has 2 aromatic rings. The highest BCUT2D eigenvalue weighted by Crippen LogP contribution is 2.15. The van der Waals surface area contributed by atoms with Crippen molar-refractivity contribution in [2.75, 3.05) is 12.3 Å². The van der Waals surface area contributed by atoms with Gasteiger partial charge in [0.15, 0.2) is 0 Å². The lowest BCUT2D eigenvalue weighted by Crippen LogP contribution is -2.53. The van der Waals surface area contributed by atoms with Crippen LogP contribution in [0.4, 0.5) is 4.39 Å². The van der Waals surface area contributed by atoms with E-state index in [2.05, 4.69) is 5.32 Å². The predicted octanol–water partition coefficient (Wildman–Crippen LogP) is 4.43. The average Bonchev–Trinajstić information content (AvgIpc) is 2.69. The van der Waals surface area contributed by atoms with Gasteiger partial charge in [-0.15, -0.1) is 11.8 Å². The van der Waals surface area contributed by atoms with E-state index in [1.807, 2.05) is 51.1 Å². The van der Waals surface area contributed by atoms with Gasteiger partial charge in [-0.3, -0.25) is 9.59 Å². The zero-order valence-corrected chi connectivity index (χ0v) is 19.0. The molecule has 2 aromatic carbocycles. The first-order valence-electron chi connectivity index (χ1n) is 10.1. The van der Waals surface area contributed by atoms with Gasteiger partial charge < -0.3 is 10.2 Å². The van der Waals surface area contributed by atoms with Crippen molar-refractivity contribution in [1.82, 2.24) is 10.2 Å². The zero-order chi connectivity index (χ0) is 22.1. The number of hydrogen-bond acceptors (Lipinski definition) is 3. The van der Waals surface area contributed by atoms with Crippen molar-refractivity contribution < 1.29 is 14.0 Å². The molecule has 0 aromatic heterocycles. The van der Waals surface area contributed by atoms with Crippen LogP contribution in [0.2, 0.25) is 0 Å². The van der Waals surface area contributed by atoms with Gasteiger partial charge in [0.1, 0.15) is 11.9 Å². The van der Waals surface area contributed by atoms with Crippen LogP contribution in [0, 0.1) is 5.82 Å². The van der Waals surface area contributed by atoms with Crippen molar-refractivity contribution in [2.45, 2.75) is 51.4 Å². The van der Waals surface area contributed by atoms with Crippen molar-refractivity contribution >= 4 is 23.6 Å². The lowest BCUT2D eigenvalue weighted by Gasteiger charge is -2.31. The molecule has 162 valence electrons. The van der Waals surface area contributed by atoms with Crippen molar-refractivity contribution in [1.29, 1.82) is 0 Å². The van der Waals surface area contributed by atoms with Gasteiger partial charge in [-0.25, -0.2) is 4.39 Å². The largest absolute Gasteiger partial charge is 0.350 e. The van der Waals surface area contributed by atoms with Crippen molar-refractivity contribution in [3.63, 3.8) is 0 Å². The summed E-state index contributed by atoms with van der Waals surface area (Å²) in [6.45, 7) is 8.01. The molecule has 0 aliphatic rings. The van der Waals surface area contributed by atoms with E-state index in [-0.39, 0.29) is 28.9 Å². The summed E-state index contributed by atoms with van der Waals surface area (Å²) in [4.78, 5) is 27.3. The maximum absolute atomic E-state index is 13.0. The molecule has 2 rings (SSSR count). The summed E-state index contributed by atoms with van der Waals surface area (Å²) in [5.74, 6) is 0.369. The Labute approximate surface area is 183 Å². The van der Waals surface area contributed by atoms with E-state index in [9.17, 15) is 14.0 Å². The number of carbonyl (C=O) groups excluding carboxylic acids is 2. The molecule has 0 aliphatic carbocycles. The van der Waals surface area contributed by atoms with Crippen LogP contribution in [0.3, 0.4) is 0 Å². The number of benzene rings is 2. The van der Waals surface area contributed by atoms with E-state index in [0.717, 1.165) is 11.1 Å². The SMILES string of the molecule is C[C@@H](C(=O)NC(C)(C)C)N(CCc1ccccc1)C(=O)CSCc1ccc(F)cc1. The minimum absolute atomic E-state index is 0.0744. The molecule has 2 amide bonds. The Morgan fingerprint density at radius 3 is 2.27 bits per heavy atom. The Balaban J connectivity index is 2.01. The Bertz CT molecular complexity index is 819. The maximum atomic E-state index is 13.0. The first kappa shape index (κ1) is 23.9. The summed E-state index contributed by atoms with van der Waals surface area (Å²) in [5.41, 5.74) is 1.72. The molecule has 6 heteroatoms. The second-order valence-corrected chi connectivity index (χ2v) is 9.34. The fraction of sp³-hybridized carbons (Fsp3) is 0.417. The highest BCUT2D eigenvalue weighted by Gasteiger charge is 2.27. The summed E-state index contributed by atoms with van der Waals surface area (Å²) in [6.07, 6.45) is 0.683. The molecule has 0 fully saturated rings. The number of thioether (sulfide) groups is 1. The van der Waals surface area contributed by atoms with Crippen LogP contribution in [-0.4, -0.2) is 40.6 Å². The zero-order valence-electron chi connectivity index (χ0n) is 18.2. The van der Waals surface area contributed by atoms with Gasteiger partial charge in [0, 0.05) is 17.8 Å². The molecule has 30 heavy (non-hydrogen) atoms. The number of nitrogens with one attached hydrogen (secondary N) is 1. The maximum Gasteiger partial charge on any atom is 0.242 e. The molecule has 0 aliphatic heterocycles. The van der Waals surface area contributed by atoms with Crippen molar-refractivity contribution in [3.05, 3.63) is 71.5 Å². The lowest BCUT2D eigenvalue weighted by atomic mass is 10.1. The van der Waals surface area contributed by atoms with Crippen LogP contribution < -0.4 is 5.32 Å². The predicted molar refractivity (Wildman–Crippen MR) is 122 cm³/mol. The van der Waals surface area contributed by atoms with Crippen LogP contribution in [0.25, 0.3) is 0 Å². The second kappa shape index (κ2) is 11.2. The number of nitrogens with zero attached hydrogens (tertiary/aromatic N) is 1. The minimum atomic E-state index is -0.563. The second-order valence-electron chi connectivity index (χ2n) is 8.36. The monoisotopic (exact) mass is 430 g/mol. The van der Waals surface area contributed by atoms with E-state index in [1.54, 1.807) is 24.0 Å². The first-order chi connectivity index (χ1) is 14.2. The van der Waals surface area contributed by atoms with E-state index < -0.39 is 6.04 Å². The quantitative estimate of drug-likeness (QED) is 0.640. The standard InChI is InChI=1S/C24H31FN2O2S/c1-18(23(29)26-24(2,3)4)27(15-14-19-8-6-5-7-9-19)22(28)17-30-16-20-10-12-21(25)13-11-20/h5-13,18H,14-17H2,1-4H3,(H,26,29)/t18-/m0/s1. The Kier molecular flexibility index (Phi) is 8.90. The molecule has 1 atom stereocenters. The summed E-state index contributed by atoms with van der Waals surface area (Å²) in [7, 11) is 0. The normalized spacial score (nSPS) is 12.3. The molecule has 0 saturated carbocycles. The summed E-state index contributed by atoms with van der Waals surface area (Å²) in [6, 6.07) is 15.7. The number of hydrogen-bond donors (Lipinski definition) is 1. The first-order valence-corrected chi connectivity index (χ1v) is 11.3. The Morgan fingerprint density at radius 1 is 1.03 bits per heavy atom. The molecule has 1 N–H and O–H groups in total. The Hall–Kier alpha value is -2.34. The summed E-state index contributed by atoms with van der Waals surface area (Å²) >= 11 is 1.47. The van der Waals surface area contributed by atoms with Crippen LogP contribution >= 0.6 is 11.8 Å². The molecule has 0 bridgehead atoms. The molecule has 0 saturated heterocycles. The van der Waals surface area contributed by atoms with Gasteiger partial charge in [0.05, 0.1) is 5.75 Å². The van der Waals surface area contributed by atoms with Crippen LogP contribution in [0.5, 0.6) is 0 Å². The molecule has 4 nitrogen and oxygen atoms in total. The lowest BCUT2D eigenvalue weighted by molar-refractivity contribution is -0.138. The minimum Gasteiger partial charge on any atom is -0.350 e. The smallest absolute Gasteiger partial charge is 0.242 e. The van der Waals surface area contributed by atoms with Crippen molar-refractivity contribution in [3.8, 4) is 0 Å². The number of rotatable bonds is 9. The molecular weight excluding hydrogens is 399 g/mol. The van der Waals surface area contributed by atoms with Crippen LogP contribution in [0.1, 0.15) is 38.8 Å². The highest BCUT2D eigenvalue weighted by molar-refractivity contribution is 7.99. The number of amides is 2. The molecule has 0 spiro atoms. The van der Waals surface area contributed by atoms with E-state index in [1.165, 1.54) is 23.9 Å². The van der Waals surface area contributed by atoms with Gasteiger partial charge in [0.25, 0.3) is 0 Å². The van der Waals surface area contributed by atoms with E-state index >= 15 is 0 Å². The Morgan fingerprint density at radius 2 is 1.67 bits per heavy atom. The average molecular weight is 431 g/mol. The third-order valence-electron chi connectivity index (χ3n) is 4.56. The summed E-state index contributed by atoms with van der Waals surface area (Å²) in [5, 5.41) is 2.96. The van der Waals surface area contributed by atoms with Crippen LogP contribution in [0.15, 0.2) is 54.6 Å². The van der Waals surface area contributed by atoms with Gasteiger partial charge in [0.2, 0.25) is 11.8 Å². The summed E-state index contributed by atoms with van der Waals surface area (Å²) < 4.78 is 13.0. The van der Waals surface area contributed by atoms with Crippen LogP contribution in [-0.2, 0) is 21.8 Å². The number of halogens is 1. The highest BCUT2D eigenvalue weighted by atomic mass is 32.2. The van der Waals surface area contributed by atoms with Gasteiger partial charge in [-0.2, -0.15) is 0 Å². The third-order valence-corrected chi connectivity index (χ3v) is 5.55.